The average Bonchev–Trinajstić information content (AvgIpc) is 1.90. The lowest BCUT2D eigenvalue weighted by molar-refractivity contribution is -0.134. The van der Waals surface area contributed by atoms with Crippen molar-refractivity contribution < 1.29 is 9.84 Å². The quantitative estimate of drug-likeness (QED) is 0.516. The highest BCUT2D eigenvalue weighted by Crippen LogP contribution is 2.32. The SMILES string of the molecule is O[C@H]1C[C@H]2CC[C@@H]1OC2. The first kappa shape index (κ1) is 5.69. The van der Waals surface area contributed by atoms with Crippen LogP contribution in [-0.2, 0) is 4.74 Å². The van der Waals surface area contributed by atoms with Crippen molar-refractivity contribution in [1.82, 2.24) is 0 Å². The third kappa shape index (κ3) is 0.864. The molecule has 1 N–H and O–H groups in total. The van der Waals surface area contributed by atoms with E-state index in [4.69, 9.17) is 4.74 Å². The van der Waals surface area contributed by atoms with Gasteiger partial charge in [-0.2, -0.15) is 0 Å². The molecular formula is C7H12O2. The van der Waals surface area contributed by atoms with Crippen LogP contribution in [0.2, 0.25) is 0 Å². The molecule has 2 heteroatoms. The summed E-state index contributed by atoms with van der Waals surface area (Å²) in [6.07, 6.45) is 3.34. The lowest BCUT2D eigenvalue weighted by Gasteiger charge is -2.39. The molecule has 1 aliphatic carbocycles. The van der Waals surface area contributed by atoms with Crippen LogP contribution in [0.3, 0.4) is 0 Å². The number of hydrogen-bond donors (Lipinski definition) is 1. The van der Waals surface area contributed by atoms with Crippen molar-refractivity contribution in [2.45, 2.75) is 31.5 Å². The Morgan fingerprint density at radius 2 is 2.22 bits per heavy atom. The van der Waals surface area contributed by atoms with E-state index < -0.39 is 0 Å². The van der Waals surface area contributed by atoms with Crippen LogP contribution in [-0.4, -0.2) is 23.9 Å². The van der Waals surface area contributed by atoms with Crippen LogP contribution in [0.25, 0.3) is 0 Å². The van der Waals surface area contributed by atoms with Crippen LogP contribution in [0.5, 0.6) is 0 Å². The fraction of sp³-hybridized carbons (Fsp3) is 1.00. The molecule has 2 heterocycles. The van der Waals surface area contributed by atoms with Gasteiger partial charge in [0.15, 0.2) is 0 Å². The molecule has 2 bridgehead atoms. The third-order valence-corrected chi connectivity index (χ3v) is 2.41. The second kappa shape index (κ2) is 1.96. The first-order chi connectivity index (χ1) is 4.36. The minimum absolute atomic E-state index is 0.155. The summed E-state index contributed by atoms with van der Waals surface area (Å²) < 4.78 is 5.34. The van der Waals surface area contributed by atoms with E-state index in [9.17, 15) is 5.11 Å². The van der Waals surface area contributed by atoms with E-state index in [0.29, 0.717) is 5.92 Å². The zero-order valence-electron chi connectivity index (χ0n) is 5.42. The molecule has 2 saturated heterocycles. The topological polar surface area (TPSA) is 29.5 Å². The van der Waals surface area contributed by atoms with Gasteiger partial charge in [-0.15, -0.1) is 0 Å². The van der Waals surface area contributed by atoms with Gasteiger partial charge in [0.25, 0.3) is 0 Å². The Bertz CT molecular complexity index is 105. The molecule has 0 amide bonds. The Kier molecular flexibility index (Phi) is 1.24. The lowest BCUT2D eigenvalue weighted by Crippen LogP contribution is -2.43. The van der Waals surface area contributed by atoms with Gasteiger partial charge in [-0.3, -0.25) is 0 Å². The summed E-state index contributed by atoms with van der Waals surface area (Å²) in [5.41, 5.74) is 0. The van der Waals surface area contributed by atoms with Crippen molar-refractivity contribution in [3.63, 3.8) is 0 Å². The van der Waals surface area contributed by atoms with Crippen molar-refractivity contribution in [1.29, 1.82) is 0 Å². The van der Waals surface area contributed by atoms with Gasteiger partial charge in [-0.25, -0.2) is 0 Å². The summed E-state index contributed by atoms with van der Waals surface area (Å²) in [6, 6.07) is 0. The zero-order chi connectivity index (χ0) is 6.27. The second-order valence-electron chi connectivity index (χ2n) is 3.12. The number of hydrogen-bond acceptors (Lipinski definition) is 2. The van der Waals surface area contributed by atoms with E-state index in [1.807, 2.05) is 0 Å². The molecule has 52 valence electrons. The van der Waals surface area contributed by atoms with Gasteiger partial charge in [0.2, 0.25) is 0 Å². The van der Waals surface area contributed by atoms with Crippen molar-refractivity contribution in [2.24, 2.45) is 5.92 Å². The normalized spacial score (nSPS) is 49.7. The summed E-state index contributed by atoms with van der Waals surface area (Å²) >= 11 is 0. The first-order valence-corrected chi connectivity index (χ1v) is 3.66. The highest BCUT2D eigenvalue weighted by molar-refractivity contribution is 4.84. The maximum absolute atomic E-state index is 9.27. The molecule has 2 aliphatic heterocycles. The number of rotatable bonds is 0. The molecule has 9 heavy (non-hydrogen) atoms. The van der Waals surface area contributed by atoms with Gasteiger partial charge in [-0.1, -0.05) is 0 Å². The molecule has 0 aromatic carbocycles. The largest absolute Gasteiger partial charge is 0.390 e. The molecule has 3 fully saturated rings. The number of fused-ring (bicyclic) bond motifs is 3. The Labute approximate surface area is 54.8 Å². The molecular weight excluding hydrogens is 116 g/mol. The summed E-state index contributed by atoms with van der Waals surface area (Å²) in [4.78, 5) is 0. The molecule has 3 atom stereocenters. The van der Waals surface area contributed by atoms with Crippen LogP contribution >= 0.6 is 0 Å². The third-order valence-electron chi connectivity index (χ3n) is 2.41. The van der Waals surface area contributed by atoms with E-state index in [0.717, 1.165) is 19.4 Å². The van der Waals surface area contributed by atoms with Crippen LogP contribution in [0, 0.1) is 5.92 Å². The summed E-state index contributed by atoms with van der Waals surface area (Å²) in [7, 11) is 0. The van der Waals surface area contributed by atoms with E-state index in [-0.39, 0.29) is 12.2 Å². The van der Waals surface area contributed by atoms with Crippen molar-refractivity contribution in [3.05, 3.63) is 0 Å². The van der Waals surface area contributed by atoms with Gasteiger partial charge in [0, 0.05) is 6.61 Å². The van der Waals surface area contributed by atoms with Crippen LogP contribution in [0.15, 0.2) is 0 Å². The maximum atomic E-state index is 9.27. The summed E-state index contributed by atoms with van der Waals surface area (Å²) in [6.45, 7) is 0.891. The Morgan fingerprint density at radius 3 is 2.44 bits per heavy atom. The van der Waals surface area contributed by atoms with E-state index >= 15 is 0 Å². The zero-order valence-corrected chi connectivity index (χ0v) is 5.42. The smallest absolute Gasteiger partial charge is 0.0834 e. The van der Waals surface area contributed by atoms with E-state index in [1.54, 1.807) is 0 Å². The molecule has 0 unspecified atom stereocenters. The molecule has 0 aromatic rings. The monoisotopic (exact) mass is 128 g/mol. The summed E-state index contributed by atoms with van der Waals surface area (Å²) in [5, 5.41) is 9.27. The van der Waals surface area contributed by atoms with Crippen molar-refractivity contribution in [2.75, 3.05) is 6.61 Å². The molecule has 3 aliphatic rings. The predicted octanol–water partition coefficient (Wildman–Crippen LogP) is 0.546. The Morgan fingerprint density at radius 1 is 1.33 bits per heavy atom. The highest BCUT2D eigenvalue weighted by Gasteiger charge is 2.34. The van der Waals surface area contributed by atoms with Gasteiger partial charge in [0.1, 0.15) is 0 Å². The van der Waals surface area contributed by atoms with Gasteiger partial charge in [-0.05, 0) is 25.2 Å². The summed E-state index contributed by atoms with van der Waals surface area (Å²) in [5.74, 6) is 0.657. The van der Waals surface area contributed by atoms with E-state index in [2.05, 4.69) is 0 Å². The van der Waals surface area contributed by atoms with Gasteiger partial charge in [0.05, 0.1) is 12.2 Å². The minimum Gasteiger partial charge on any atom is -0.390 e. The van der Waals surface area contributed by atoms with Gasteiger partial charge >= 0.3 is 0 Å². The molecule has 1 saturated carbocycles. The van der Waals surface area contributed by atoms with Crippen LogP contribution in [0.1, 0.15) is 19.3 Å². The molecule has 2 nitrogen and oxygen atoms in total. The lowest BCUT2D eigenvalue weighted by atomic mass is 9.83. The Hall–Kier alpha value is -0.0800. The highest BCUT2D eigenvalue weighted by atomic mass is 16.5. The number of ether oxygens (including phenoxy) is 1. The minimum atomic E-state index is -0.155. The molecule has 3 rings (SSSR count). The Balaban J connectivity index is 2.06. The number of aliphatic hydroxyl groups is 1. The van der Waals surface area contributed by atoms with Crippen LogP contribution in [0.4, 0.5) is 0 Å². The maximum Gasteiger partial charge on any atom is 0.0834 e. The van der Waals surface area contributed by atoms with Crippen molar-refractivity contribution >= 4 is 0 Å². The van der Waals surface area contributed by atoms with Crippen molar-refractivity contribution in [3.8, 4) is 0 Å². The predicted molar refractivity (Wildman–Crippen MR) is 33.1 cm³/mol. The second-order valence-corrected chi connectivity index (χ2v) is 3.12. The molecule has 0 radical (unpaired) electrons. The first-order valence-electron chi connectivity index (χ1n) is 3.66. The average molecular weight is 128 g/mol. The van der Waals surface area contributed by atoms with Crippen LogP contribution < -0.4 is 0 Å². The number of aliphatic hydroxyl groups excluding tert-OH is 1. The standard InChI is InChI=1S/C7H12O2/c8-6-3-5-1-2-7(6)9-4-5/h5-8H,1-4H2/t5-,6+,7+/m1/s1. The van der Waals surface area contributed by atoms with Gasteiger partial charge < -0.3 is 9.84 Å². The fourth-order valence-electron chi connectivity index (χ4n) is 1.81. The molecule has 0 aromatic heterocycles. The van der Waals surface area contributed by atoms with E-state index in [1.165, 1.54) is 6.42 Å². The molecule has 0 spiro atoms. The fourth-order valence-corrected chi connectivity index (χ4v) is 1.81.